The van der Waals surface area contributed by atoms with Gasteiger partial charge in [-0.05, 0) is 31.1 Å². The van der Waals surface area contributed by atoms with Crippen LogP contribution in [0.3, 0.4) is 0 Å². The van der Waals surface area contributed by atoms with Gasteiger partial charge in [-0.2, -0.15) is 5.26 Å². The fraction of sp³-hybridized carbons (Fsp3) is 0.941. The first-order valence-electron chi connectivity index (χ1n) is 8.34. The van der Waals surface area contributed by atoms with Gasteiger partial charge in [0.2, 0.25) is 0 Å². The molecule has 2 aliphatic carbocycles. The molecule has 0 radical (unpaired) electrons. The highest BCUT2D eigenvalue weighted by atomic mass is 16.3. The van der Waals surface area contributed by atoms with E-state index in [9.17, 15) is 10.4 Å². The van der Waals surface area contributed by atoms with Crippen molar-refractivity contribution in [3.8, 4) is 6.07 Å². The fourth-order valence-electron chi connectivity index (χ4n) is 4.54. The lowest BCUT2D eigenvalue weighted by atomic mass is 9.61. The van der Waals surface area contributed by atoms with Crippen molar-refractivity contribution in [3.05, 3.63) is 0 Å². The van der Waals surface area contributed by atoms with Crippen LogP contribution in [0.25, 0.3) is 0 Å². The van der Waals surface area contributed by atoms with Gasteiger partial charge in [-0.25, -0.2) is 0 Å². The standard InChI is InChI=1S/C17H29NO/c1-2-8-15(13-18)17(19)12-7-6-11-16(17)14-9-4-3-5-10-14/h14-16,19H,2-12H2,1H3. The van der Waals surface area contributed by atoms with Gasteiger partial charge in [0.25, 0.3) is 0 Å². The lowest BCUT2D eigenvalue weighted by Gasteiger charge is -2.47. The molecular weight excluding hydrogens is 234 g/mol. The van der Waals surface area contributed by atoms with Gasteiger partial charge in [0.05, 0.1) is 17.6 Å². The quantitative estimate of drug-likeness (QED) is 0.815. The topological polar surface area (TPSA) is 44.0 Å². The number of rotatable bonds is 4. The SMILES string of the molecule is CCCC(C#N)C1(O)CCCCC1C1CCCCC1. The van der Waals surface area contributed by atoms with Crippen LogP contribution in [-0.2, 0) is 0 Å². The van der Waals surface area contributed by atoms with Crippen LogP contribution in [-0.4, -0.2) is 10.7 Å². The first-order chi connectivity index (χ1) is 9.22. The monoisotopic (exact) mass is 263 g/mol. The Bertz CT molecular complexity index is 316. The highest BCUT2D eigenvalue weighted by molar-refractivity contribution is 5.05. The molecule has 3 atom stereocenters. The fourth-order valence-corrected chi connectivity index (χ4v) is 4.54. The van der Waals surface area contributed by atoms with E-state index < -0.39 is 5.60 Å². The maximum atomic E-state index is 11.3. The van der Waals surface area contributed by atoms with Crippen LogP contribution in [0, 0.1) is 29.1 Å². The molecule has 0 aromatic carbocycles. The average molecular weight is 263 g/mol. The summed E-state index contributed by atoms with van der Waals surface area (Å²) in [6.07, 6.45) is 12.7. The minimum absolute atomic E-state index is 0.148. The van der Waals surface area contributed by atoms with Crippen molar-refractivity contribution in [2.45, 2.75) is 83.2 Å². The zero-order valence-electron chi connectivity index (χ0n) is 12.4. The molecule has 0 aromatic rings. The summed E-state index contributed by atoms with van der Waals surface area (Å²) in [5.41, 5.74) is -0.689. The molecule has 2 rings (SSSR count). The molecule has 0 bridgehead atoms. The van der Waals surface area contributed by atoms with Gasteiger partial charge in [0, 0.05) is 0 Å². The molecule has 2 aliphatic rings. The van der Waals surface area contributed by atoms with Crippen LogP contribution in [0.1, 0.15) is 77.6 Å². The van der Waals surface area contributed by atoms with E-state index >= 15 is 0 Å². The van der Waals surface area contributed by atoms with Crippen molar-refractivity contribution in [3.63, 3.8) is 0 Å². The number of nitrogens with zero attached hydrogens (tertiary/aromatic N) is 1. The molecule has 2 saturated carbocycles. The third kappa shape index (κ3) is 3.14. The van der Waals surface area contributed by atoms with Crippen molar-refractivity contribution >= 4 is 0 Å². The summed E-state index contributed by atoms with van der Waals surface area (Å²) < 4.78 is 0. The molecule has 1 N–H and O–H groups in total. The van der Waals surface area contributed by atoms with E-state index in [1.807, 2.05) is 0 Å². The molecular formula is C17H29NO. The minimum atomic E-state index is -0.689. The lowest BCUT2D eigenvalue weighted by molar-refractivity contribution is -0.106. The maximum absolute atomic E-state index is 11.3. The first-order valence-corrected chi connectivity index (χ1v) is 8.34. The van der Waals surface area contributed by atoms with Gasteiger partial charge in [-0.15, -0.1) is 0 Å². The molecule has 19 heavy (non-hydrogen) atoms. The Morgan fingerprint density at radius 2 is 1.84 bits per heavy atom. The Hall–Kier alpha value is -0.550. The Morgan fingerprint density at radius 1 is 1.16 bits per heavy atom. The van der Waals surface area contributed by atoms with Crippen LogP contribution in [0.5, 0.6) is 0 Å². The largest absolute Gasteiger partial charge is 0.388 e. The van der Waals surface area contributed by atoms with E-state index in [1.165, 1.54) is 38.5 Å². The minimum Gasteiger partial charge on any atom is -0.388 e. The Labute approximate surface area is 118 Å². The third-order valence-corrected chi connectivity index (χ3v) is 5.54. The highest BCUT2D eigenvalue weighted by Gasteiger charge is 2.47. The van der Waals surface area contributed by atoms with Crippen molar-refractivity contribution in [1.29, 1.82) is 5.26 Å². The van der Waals surface area contributed by atoms with Gasteiger partial charge >= 0.3 is 0 Å². The zero-order valence-corrected chi connectivity index (χ0v) is 12.4. The smallest absolute Gasteiger partial charge is 0.0835 e. The molecule has 0 saturated heterocycles. The van der Waals surface area contributed by atoms with Crippen molar-refractivity contribution < 1.29 is 5.11 Å². The van der Waals surface area contributed by atoms with Crippen LogP contribution in [0.4, 0.5) is 0 Å². The van der Waals surface area contributed by atoms with Crippen LogP contribution in [0.15, 0.2) is 0 Å². The Balaban J connectivity index is 2.15. The lowest BCUT2D eigenvalue weighted by Crippen LogP contribution is -2.50. The van der Waals surface area contributed by atoms with Gasteiger partial charge in [-0.3, -0.25) is 0 Å². The van der Waals surface area contributed by atoms with Gasteiger partial charge in [0.15, 0.2) is 0 Å². The van der Waals surface area contributed by atoms with Crippen LogP contribution in [0.2, 0.25) is 0 Å². The number of nitriles is 1. The van der Waals surface area contributed by atoms with Gasteiger partial charge in [0.1, 0.15) is 0 Å². The van der Waals surface area contributed by atoms with Crippen molar-refractivity contribution in [1.82, 2.24) is 0 Å². The molecule has 108 valence electrons. The number of hydrogen-bond acceptors (Lipinski definition) is 2. The number of hydrogen-bond donors (Lipinski definition) is 1. The summed E-state index contributed by atoms with van der Waals surface area (Å²) in [5.74, 6) is 0.911. The van der Waals surface area contributed by atoms with Gasteiger partial charge < -0.3 is 5.11 Å². The predicted molar refractivity (Wildman–Crippen MR) is 77.5 cm³/mol. The number of aliphatic hydroxyl groups is 1. The highest BCUT2D eigenvalue weighted by Crippen LogP contribution is 2.47. The molecule has 0 heterocycles. The molecule has 0 amide bonds. The van der Waals surface area contributed by atoms with E-state index in [0.717, 1.165) is 32.1 Å². The van der Waals surface area contributed by atoms with E-state index in [1.54, 1.807) is 0 Å². The summed E-state index contributed by atoms with van der Waals surface area (Å²) in [5, 5.41) is 20.7. The summed E-state index contributed by atoms with van der Waals surface area (Å²) in [4.78, 5) is 0. The third-order valence-electron chi connectivity index (χ3n) is 5.54. The molecule has 0 aromatic heterocycles. The molecule has 2 fully saturated rings. The predicted octanol–water partition coefficient (Wildman–Crippen LogP) is 4.43. The molecule has 2 nitrogen and oxygen atoms in total. The molecule has 0 aliphatic heterocycles. The molecule has 2 heteroatoms. The molecule has 0 spiro atoms. The van der Waals surface area contributed by atoms with E-state index in [-0.39, 0.29) is 5.92 Å². The second-order valence-electron chi connectivity index (χ2n) is 6.71. The van der Waals surface area contributed by atoms with E-state index in [0.29, 0.717) is 11.8 Å². The summed E-state index contributed by atoms with van der Waals surface area (Å²) in [6, 6.07) is 2.43. The molecule has 3 unspecified atom stereocenters. The van der Waals surface area contributed by atoms with Gasteiger partial charge in [-0.1, -0.05) is 58.3 Å². The van der Waals surface area contributed by atoms with Crippen LogP contribution < -0.4 is 0 Å². The summed E-state index contributed by atoms with van der Waals surface area (Å²) >= 11 is 0. The first kappa shape index (κ1) is 14.9. The van der Waals surface area contributed by atoms with E-state index in [2.05, 4.69) is 13.0 Å². The second kappa shape index (κ2) is 6.75. The second-order valence-corrected chi connectivity index (χ2v) is 6.71. The normalized spacial score (nSPS) is 34.7. The van der Waals surface area contributed by atoms with Crippen molar-refractivity contribution in [2.24, 2.45) is 17.8 Å². The van der Waals surface area contributed by atoms with Crippen LogP contribution >= 0.6 is 0 Å². The zero-order chi connectivity index (χ0) is 13.7. The Morgan fingerprint density at radius 3 is 2.47 bits per heavy atom. The summed E-state index contributed by atoms with van der Waals surface area (Å²) in [7, 11) is 0. The van der Waals surface area contributed by atoms with E-state index in [4.69, 9.17) is 0 Å². The summed E-state index contributed by atoms with van der Waals surface area (Å²) in [6.45, 7) is 2.12. The maximum Gasteiger partial charge on any atom is 0.0835 e. The average Bonchev–Trinajstić information content (AvgIpc) is 2.46. The Kier molecular flexibility index (Phi) is 5.28. The van der Waals surface area contributed by atoms with Crippen molar-refractivity contribution in [2.75, 3.05) is 0 Å².